The number of nitro groups is 1. The molecule has 14 heteroatoms. The minimum absolute atomic E-state index is 0.0325. The van der Waals surface area contributed by atoms with Gasteiger partial charge in [-0.25, -0.2) is 10.1 Å². The molecule has 0 aliphatic heterocycles. The molecule has 34 heavy (non-hydrogen) atoms. The largest absolute Gasteiger partial charge is 0.378 e. The number of nitrogens with two attached hydrogens (primary N) is 1. The smallest absolute Gasteiger partial charge is 0.293 e. The molecule has 0 spiro atoms. The third kappa shape index (κ3) is 4.55. The third-order valence-electron chi connectivity index (χ3n) is 4.76. The number of hydrogen-bond donors (Lipinski definition) is 2. The van der Waals surface area contributed by atoms with Crippen molar-refractivity contribution in [3.8, 4) is 5.82 Å². The highest BCUT2D eigenvalue weighted by Crippen LogP contribution is 2.20. The Bertz CT molecular complexity index is 1350. The number of carbonyl (C=O) groups is 1. The van der Waals surface area contributed by atoms with Crippen LogP contribution in [0.5, 0.6) is 0 Å². The van der Waals surface area contributed by atoms with Gasteiger partial charge < -0.3 is 10.6 Å². The van der Waals surface area contributed by atoms with E-state index in [0.29, 0.717) is 5.69 Å². The number of aromatic nitrogens is 5. The Morgan fingerprint density at radius 1 is 1.24 bits per heavy atom. The van der Waals surface area contributed by atoms with E-state index < -0.39 is 10.8 Å². The quantitative estimate of drug-likeness (QED) is 0.221. The van der Waals surface area contributed by atoms with E-state index in [1.165, 1.54) is 29.1 Å². The van der Waals surface area contributed by atoms with Crippen LogP contribution in [0.1, 0.15) is 21.7 Å². The molecule has 0 aliphatic rings. The van der Waals surface area contributed by atoms with Gasteiger partial charge in [0.15, 0.2) is 5.69 Å². The summed E-state index contributed by atoms with van der Waals surface area (Å²) in [7, 11) is 1.82. The zero-order valence-electron chi connectivity index (χ0n) is 17.8. The number of hydrogen-bond acceptors (Lipinski definition) is 11. The fourth-order valence-electron chi connectivity index (χ4n) is 3.10. The summed E-state index contributed by atoms with van der Waals surface area (Å²) < 4.78 is 5.91. The van der Waals surface area contributed by atoms with Crippen LogP contribution in [0.4, 0.5) is 17.2 Å². The van der Waals surface area contributed by atoms with E-state index in [9.17, 15) is 14.9 Å². The Morgan fingerprint density at radius 2 is 1.97 bits per heavy atom. The van der Waals surface area contributed by atoms with Gasteiger partial charge in [0.2, 0.25) is 11.6 Å². The van der Waals surface area contributed by atoms with Crippen molar-refractivity contribution in [1.82, 2.24) is 30.7 Å². The molecular formula is C20H18N10O4. The second-order valence-electron chi connectivity index (χ2n) is 6.98. The number of nitrogens with zero attached hydrogens (tertiary/aromatic N) is 8. The normalized spacial score (nSPS) is 11.0. The summed E-state index contributed by atoms with van der Waals surface area (Å²) in [5, 5.41) is 30.2. The van der Waals surface area contributed by atoms with Gasteiger partial charge in [0, 0.05) is 18.8 Å². The Morgan fingerprint density at radius 3 is 2.68 bits per heavy atom. The van der Waals surface area contributed by atoms with Crippen molar-refractivity contribution >= 4 is 29.3 Å². The number of nitro benzene ring substituents is 1. The zero-order chi connectivity index (χ0) is 24.1. The first kappa shape index (κ1) is 22.1. The molecule has 1 amide bonds. The molecule has 0 saturated heterocycles. The second kappa shape index (κ2) is 9.56. The molecule has 0 bridgehead atoms. The first-order valence-corrected chi connectivity index (χ1v) is 9.81. The number of carbonyl (C=O) groups excluding carboxylic acids is 1. The van der Waals surface area contributed by atoms with Crippen molar-refractivity contribution in [2.45, 2.75) is 6.54 Å². The summed E-state index contributed by atoms with van der Waals surface area (Å²) in [4.78, 5) is 25.4. The van der Waals surface area contributed by atoms with Crippen molar-refractivity contribution in [3.63, 3.8) is 0 Å². The van der Waals surface area contributed by atoms with Gasteiger partial charge in [-0.05, 0) is 28.5 Å². The van der Waals surface area contributed by atoms with E-state index in [0.717, 1.165) is 5.69 Å². The van der Waals surface area contributed by atoms with Crippen LogP contribution >= 0.6 is 0 Å². The maximum Gasteiger partial charge on any atom is 0.293 e. The molecule has 0 radical (unpaired) electrons. The number of hydrazone groups is 1. The van der Waals surface area contributed by atoms with Gasteiger partial charge in [0.05, 0.1) is 28.9 Å². The summed E-state index contributed by atoms with van der Waals surface area (Å²) in [6, 6.07) is 15.4. The van der Waals surface area contributed by atoms with Crippen molar-refractivity contribution in [3.05, 3.63) is 81.7 Å². The van der Waals surface area contributed by atoms with Crippen molar-refractivity contribution in [2.24, 2.45) is 5.10 Å². The highest BCUT2D eigenvalue weighted by Gasteiger charge is 2.25. The van der Waals surface area contributed by atoms with Gasteiger partial charge in [0.25, 0.3) is 11.6 Å². The van der Waals surface area contributed by atoms with E-state index in [-0.39, 0.29) is 35.1 Å². The van der Waals surface area contributed by atoms with Gasteiger partial charge in [-0.2, -0.15) is 9.78 Å². The summed E-state index contributed by atoms with van der Waals surface area (Å²) in [6.45, 7) is 0.194. The summed E-state index contributed by atoms with van der Waals surface area (Å²) in [5.74, 6) is -0.645. The molecule has 2 aromatic carbocycles. The molecule has 0 unspecified atom stereocenters. The Labute approximate surface area is 191 Å². The Hall–Kier alpha value is -5.14. The molecule has 172 valence electrons. The molecule has 0 aliphatic carbocycles. The highest BCUT2D eigenvalue weighted by molar-refractivity contribution is 5.94. The van der Waals surface area contributed by atoms with Crippen molar-refractivity contribution < 1.29 is 14.3 Å². The topological polar surface area (TPSA) is 183 Å². The standard InChI is InChI=1S/C20H18N10O4/c1-28(14-8-3-2-4-9-14)12-16-17(23-27-29(16)19-18(21)25-34-26-19)20(31)24-22-11-13-7-5-6-10-15(13)30(32)33/h2-11H,12H2,1H3,(H2,21,25)(H,24,31)/b22-11-. The number of rotatable bonds is 8. The lowest BCUT2D eigenvalue weighted by molar-refractivity contribution is -0.385. The molecule has 2 heterocycles. The van der Waals surface area contributed by atoms with E-state index in [1.807, 2.05) is 42.3 Å². The molecule has 0 atom stereocenters. The Balaban J connectivity index is 1.62. The van der Waals surface area contributed by atoms with Crippen LogP contribution in [0.3, 0.4) is 0 Å². The van der Waals surface area contributed by atoms with Crippen LogP contribution in [-0.2, 0) is 6.54 Å². The zero-order valence-corrected chi connectivity index (χ0v) is 17.8. The first-order chi connectivity index (χ1) is 16.5. The third-order valence-corrected chi connectivity index (χ3v) is 4.76. The van der Waals surface area contributed by atoms with Crippen molar-refractivity contribution in [1.29, 1.82) is 0 Å². The average molecular weight is 462 g/mol. The molecule has 2 aromatic heterocycles. The van der Waals surface area contributed by atoms with E-state index in [4.69, 9.17) is 5.73 Å². The minimum Gasteiger partial charge on any atom is -0.378 e. The van der Waals surface area contributed by atoms with E-state index in [2.05, 4.69) is 35.8 Å². The van der Waals surface area contributed by atoms with Crippen LogP contribution < -0.4 is 16.1 Å². The lowest BCUT2D eigenvalue weighted by Crippen LogP contribution is -2.24. The second-order valence-corrected chi connectivity index (χ2v) is 6.98. The maximum absolute atomic E-state index is 12.9. The molecule has 0 saturated carbocycles. The Kier molecular flexibility index (Phi) is 6.20. The van der Waals surface area contributed by atoms with Gasteiger partial charge in [-0.15, -0.1) is 5.10 Å². The number of nitrogen functional groups attached to an aromatic ring is 1. The van der Waals surface area contributed by atoms with Crippen LogP contribution in [0, 0.1) is 10.1 Å². The van der Waals surface area contributed by atoms with Crippen LogP contribution in [0.25, 0.3) is 5.82 Å². The fraction of sp³-hybridized carbons (Fsp3) is 0.100. The monoisotopic (exact) mass is 462 g/mol. The van der Waals surface area contributed by atoms with Crippen LogP contribution in [0.15, 0.2) is 64.3 Å². The van der Waals surface area contributed by atoms with E-state index >= 15 is 0 Å². The summed E-state index contributed by atoms with van der Waals surface area (Å²) >= 11 is 0. The average Bonchev–Trinajstić information content (AvgIpc) is 3.45. The highest BCUT2D eigenvalue weighted by atomic mass is 16.6. The molecule has 4 aromatic rings. The van der Waals surface area contributed by atoms with Gasteiger partial charge in [0.1, 0.15) is 0 Å². The number of anilines is 2. The number of nitrogens with one attached hydrogen (secondary N) is 1. The molecule has 14 nitrogen and oxygen atoms in total. The SMILES string of the molecule is CN(Cc1c(C(=O)N/N=C\c2ccccc2[N+](=O)[O-])nnn1-c1nonc1N)c1ccccc1. The van der Waals surface area contributed by atoms with E-state index in [1.54, 1.807) is 6.07 Å². The van der Waals surface area contributed by atoms with Crippen LogP contribution in [0.2, 0.25) is 0 Å². The molecule has 4 rings (SSSR count). The number of benzene rings is 2. The molecular weight excluding hydrogens is 444 g/mol. The van der Waals surface area contributed by atoms with Gasteiger partial charge in [-0.3, -0.25) is 14.9 Å². The maximum atomic E-state index is 12.9. The fourth-order valence-corrected chi connectivity index (χ4v) is 3.10. The lowest BCUT2D eigenvalue weighted by atomic mass is 10.2. The van der Waals surface area contributed by atoms with Gasteiger partial charge in [-0.1, -0.05) is 35.5 Å². The van der Waals surface area contributed by atoms with Gasteiger partial charge >= 0.3 is 0 Å². The van der Waals surface area contributed by atoms with Crippen LogP contribution in [-0.4, -0.2) is 49.4 Å². The predicted octanol–water partition coefficient (Wildman–Crippen LogP) is 1.54. The lowest BCUT2D eigenvalue weighted by Gasteiger charge is -2.19. The summed E-state index contributed by atoms with van der Waals surface area (Å²) in [6.07, 6.45) is 1.18. The first-order valence-electron chi connectivity index (χ1n) is 9.81. The molecule has 0 fully saturated rings. The predicted molar refractivity (Wildman–Crippen MR) is 120 cm³/mol. The minimum atomic E-state index is -0.687. The van der Waals surface area contributed by atoms with Crippen molar-refractivity contribution in [2.75, 3.05) is 17.7 Å². The molecule has 3 N–H and O–H groups in total. The number of para-hydroxylation sites is 2. The summed E-state index contributed by atoms with van der Waals surface area (Å²) in [5.41, 5.74) is 9.37. The number of amides is 1.